The quantitative estimate of drug-likeness (QED) is 0.686. The number of hydrogen-bond acceptors (Lipinski definition) is 4. The lowest BCUT2D eigenvalue weighted by atomic mass is 10.2. The Morgan fingerprint density at radius 3 is 2.76 bits per heavy atom. The maximum Gasteiger partial charge on any atom is 0.0929 e. The first kappa shape index (κ1) is 16.4. The standard InChI is InChI=1S/C16H22ClN3S/c1-3-20(11-14-7-4-6-13(2)18-14)9-5-8-16-19-15(10-17)12-21-16/h4,6-7,12H,3,5,8-11H2,1-2H3. The normalized spacial score (nSPS) is 11.2. The Balaban J connectivity index is 1.79. The van der Waals surface area contributed by atoms with Crippen molar-refractivity contribution in [3.8, 4) is 0 Å². The van der Waals surface area contributed by atoms with Gasteiger partial charge in [0.2, 0.25) is 0 Å². The zero-order chi connectivity index (χ0) is 15.1. The van der Waals surface area contributed by atoms with Crippen molar-refractivity contribution >= 4 is 22.9 Å². The summed E-state index contributed by atoms with van der Waals surface area (Å²) in [6.45, 7) is 7.27. The maximum atomic E-state index is 5.78. The van der Waals surface area contributed by atoms with Crippen LogP contribution in [0, 0.1) is 6.92 Å². The molecule has 0 atom stereocenters. The molecule has 0 fully saturated rings. The van der Waals surface area contributed by atoms with Gasteiger partial charge in [0.05, 0.1) is 22.3 Å². The fraction of sp³-hybridized carbons (Fsp3) is 0.500. The number of hydrogen-bond donors (Lipinski definition) is 0. The fourth-order valence-electron chi connectivity index (χ4n) is 2.24. The Morgan fingerprint density at radius 1 is 1.24 bits per heavy atom. The molecule has 0 aliphatic heterocycles. The largest absolute Gasteiger partial charge is 0.298 e. The third kappa shape index (κ3) is 5.38. The number of pyridine rings is 1. The summed E-state index contributed by atoms with van der Waals surface area (Å²) in [5.41, 5.74) is 3.23. The Labute approximate surface area is 136 Å². The van der Waals surface area contributed by atoms with Crippen molar-refractivity contribution in [3.63, 3.8) is 0 Å². The van der Waals surface area contributed by atoms with E-state index in [0.717, 1.165) is 49.6 Å². The van der Waals surface area contributed by atoms with Crippen LogP contribution in [0.4, 0.5) is 0 Å². The number of rotatable bonds is 8. The van der Waals surface area contributed by atoms with E-state index < -0.39 is 0 Å². The molecule has 0 aromatic carbocycles. The van der Waals surface area contributed by atoms with Crippen LogP contribution in [-0.2, 0) is 18.8 Å². The molecule has 0 bridgehead atoms. The van der Waals surface area contributed by atoms with Gasteiger partial charge in [-0.2, -0.15) is 0 Å². The molecule has 0 saturated heterocycles. The molecule has 0 amide bonds. The lowest BCUT2D eigenvalue weighted by molar-refractivity contribution is 0.273. The molecule has 2 heterocycles. The molecular weight excluding hydrogens is 302 g/mol. The molecule has 0 spiro atoms. The molecule has 3 nitrogen and oxygen atoms in total. The summed E-state index contributed by atoms with van der Waals surface area (Å²) >= 11 is 7.49. The number of thiazole rings is 1. The van der Waals surface area contributed by atoms with Gasteiger partial charge in [-0.05, 0) is 38.6 Å². The highest BCUT2D eigenvalue weighted by Gasteiger charge is 2.06. The molecule has 5 heteroatoms. The van der Waals surface area contributed by atoms with E-state index in [1.165, 1.54) is 5.01 Å². The molecule has 0 radical (unpaired) electrons. The molecular formula is C16H22ClN3S. The van der Waals surface area contributed by atoms with Gasteiger partial charge in [-0.25, -0.2) is 4.98 Å². The van der Waals surface area contributed by atoms with Crippen LogP contribution in [0.1, 0.15) is 35.4 Å². The summed E-state index contributed by atoms with van der Waals surface area (Å²) in [4.78, 5) is 11.5. The third-order valence-electron chi connectivity index (χ3n) is 3.38. The minimum atomic E-state index is 0.511. The summed E-state index contributed by atoms with van der Waals surface area (Å²) in [7, 11) is 0. The van der Waals surface area contributed by atoms with Crippen molar-refractivity contribution in [3.05, 3.63) is 45.7 Å². The zero-order valence-electron chi connectivity index (χ0n) is 12.7. The van der Waals surface area contributed by atoms with Gasteiger partial charge in [0.1, 0.15) is 0 Å². The predicted octanol–water partition coefficient (Wildman–Crippen LogP) is 4.04. The van der Waals surface area contributed by atoms with Gasteiger partial charge in [0.25, 0.3) is 0 Å². The van der Waals surface area contributed by atoms with Gasteiger partial charge in [0.15, 0.2) is 0 Å². The maximum absolute atomic E-state index is 5.78. The average molecular weight is 324 g/mol. The summed E-state index contributed by atoms with van der Waals surface area (Å²) in [6.07, 6.45) is 2.15. The molecule has 114 valence electrons. The highest BCUT2D eigenvalue weighted by molar-refractivity contribution is 7.09. The van der Waals surface area contributed by atoms with Crippen LogP contribution in [0.3, 0.4) is 0 Å². The lowest BCUT2D eigenvalue weighted by Gasteiger charge is -2.19. The van der Waals surface area contributed by atoms with Crippen LogP contribution in [0.15, 0.2) is 23.6 Å². The van der Waals surface area contributed by atoms with Crippen molar-refractivity contribution < 1.29 is 0 Å². The van der Waals surface area contributed by atoms with Crippen LogP contribution in [0.25, 0.3) is 0 Å². The van der Waals surface area contributed by atoms with Crippen LogP contribution >= 0.6 is 22.9 Å². The zero-order valence-corrected chi connectivity index (χ0v) is 14.3. The molecule has 2 aromatic rings. The highest BCUT2D eigenvalue weighted by atomic mass is 35.5. The first-order valence-electron chi connectivity index (χ1n) is 7.35. The second-order valence-corrected chi connectivity index (χ2v) is 6.32. The minimum absolute atomic E-state index is 0.511. The van der Waals surface area contributed by atoms with Crippen LogP contribution in [-0.4, -0.2) is 28.0 Å². The van der Waals surface area contributed by atoms with Crippen molar-refractivity contribution in [2.45, 2.75) is 39.1 Å². The van der Waals surface area contributed by atoms with E-state index in [9.17, 15) is 0 Å². The van der Waals surface area contributed by atoms with Gasteiger partial charge in [0, 0.05) is 24.0 Å². The number of nitrogens with zero attached hydrogens (tertiary/aromatic N) is 3. The van der Waals surface area contributed by atoms with E-state index in [-0.39, 0.29) is 0 Å². The summed E-state index contributed by atoms with van der Waals surface area (Å²) in [6, 6.07) is 6.22. The molecule has 0 aliphatic carbocycles. The Morgan fingerprint density at radius 2 is 2.10 bits per heavy atom. The average Bonchev–Trinajstić information content (AvgIpc) is 2.94. The second kappa shape index (κ2) is 8.47. The Bertz CT molecular complexity index is 556. The van der Waals surface area contributed by atoms with Gasteiger partial charge in [-0.3, -0.25) is 9.88 Å². The summed E-state index contributed by atoms with van der Waals surface area (Å²) in [5, 5.41) is 3.24. The first-order valence-corrected chi connectivity index (χ1v) is 8.76. The summed E-state index contributed by atoms with van der Waals surface area (Å²) in [5.74, 6) is 0.511. The van der Waals surface area contributed by atoms with Crippen LogP contribution in [0.2, 0.25) is 0 Å². The van der Waals surface area contributed by atoms with Gasteiger partial charge >= 0.3 is 0 Å². The third-order valence-corrected chi connectivity index (χ3v) is 4.61. The van der Waals surface area contributed by atoms with E-state index in [0.29, 0.717) is 5.88 Å². The first-order chi connectivity index (χ1) is 10.2. The molecule has 2 aromatic heterocycles. The molecule has 0 N–H and O–H groups in total. The highest BCUT2D eigenvalue weighted by Crippen LogP contribution is 2.14. The SMILES string of the molecule is CCN(CCCc1nc(CCl)cs1)Cc1cccc(C)n1. The lowest BCUT2D eigenvalue weighted by Crippen LogP contribution is -2.25. The van der Waals surface area contributed by atoms with Crippen LogP contribution in [0.5, 0.6) is 0 Å². The molecule has 21 heavy (non-hydrogen) atoms. The van der Waals surface area contributed by atoms with Crippen LogP contribution < -0.4 is 0 Å². The predicted molar refractivity (Wildman–Crippen MR) is 89.9 cm³/mol. The topological polar surface area (TPSA) is 29.0 Å². The van der Waals surface area contributed by atoms with E-state index in [1.807, 2.05) is 13.0 Å². The molecule has 0 unspecified atom stereocenters. The second-order valence-electron chi connectivity index (χ2n) is 5.11. The number of aryl methyl sites for hydroxylation is 2. The van der Waals surface area contributed by atoms with Gasteiger partial charge < -0.3 is 0 Å². The van der Waals surface area contributed by atoms with Crippen molar-refractivity contribution in [1.82, 2.24) is 14.9 Å². The van der Waals surface area contributed by atoms with E-state index >= 15 is 0 Å². The van der Waals surface area contributed by atoms with Crippen molar-refractivity contribution in [2.24, 2.45) is 0 Å². The Hall–Kier alpha value is -0.970. The molecule has 0 saturated carbocycles. The minimum Gasteiger partial charge on any atom is -0.298 e. The number of alkyl halides is 1. The molecule has 0 aliphatic rings. The molecule has 2 rings (SSSR count). The Kier molecular flexibility index (Phi) is 6.61. The van der Waals surface area contributed by atoms with Crippen molar-refractivity contribution in [2.75, 3.05) is 13.1 Å². The number of halogens is 1. The van der Waals surface area contributed by atoms with E-state index in [2.05, 4.69) is 39.3 Å². The van der Waals surface area contributed by atoms with E-state index in [1.54, 1.807) is 11.3 Å². The van der Waals surface area contributed by atoms with E-state index in [4.69, 9.17) is 11.6 Å². The van der Waals surface area contributed by atoms with Gasteiger partial charge in [-0.1, -0.05) is 13.0 Å². The smallest absolute Gasteiger partial charge is 0.0929 e. The fourth-order valence-corrected chi connectivity index (χ4v) is 3.31. The number of aromatic nitrogens is 2. The van der Waals surface area contributed by atoms with Crippen molar-refractivity contribution in [1.29, 1.82) is 0 Å². The monoisotopic (exact) mass is 323 g/mol. The van der Waals surface area contributed by atoms with Gasteiger partial charge in [-0.15, -0.1) is 22.9 Å². The summed E-state index contributed by atoms with van der Waals surface area (Å²) < 4.78 is 0.